The quantitative estimate of drug-likeness (QED) is 0.742. The Morgan fingerprint density at radius 3 is 2.37 bits per heavy atom. The summed E-state index contributed by atoms with van der Waals surface area (Å²) in [7, 11) is 0. The zero-order valence-electron chi connectivity index (χ0n) is 11.5. The number of benzene rings is 1. The van der Waals surface area contributed by atoms with Gasteiger partial charge in [0.25, 0.3) is 0 Å². The monoisotopic (exact) mass is 259 g/mol. The number of nitrogens with zero attached hydrogens (tertiary/aromatic N) is 1. The number of halogens is 1. The van der Waals surface area contributed by atoms with E-state index < -0.39 is 5.95 Å². The summed E-state index contributed by atoms with van der Waals surface area (Å²) < 4.78 is 18.5. The zero-order valence-corrected chi connectivity index (χ0v) is 11.5. The highest BCUT2D eigenvalue weighted by molar-refractivity contribution is 5.33. The molecular weight excluding hydrogens is 241 g/mol. The smallest absolute Gasteiger partial charge is 0.221 e. The molecular formula is C16H18FNO. The van der Waals surface area contributed by atoms with Gasteiger partial charge in [-0.15, -0.1) is 0 Å². The molecule has 2 nitrogen and oxygen atoms in total. The lowest BCUT2D eigenvalue weighted by molar-refractivity contribution is 0.444. The van der Waals surface area contributed by atoms with Crippen molar-refractivity contribution in [2.24, 2.45) is 0 Å². The molecule has 0 N–H and O–H groups in total. The van der Waals surface area contributed by atoms with Crippen LogP contribution in [0.3, 0.4) is 0 Å². The van der Waals surface area contributed by atoms with E-state index >= 15 is 0 Å². The first-order valence-electron chi connectivity index (χ1n) is 6.42. The largest absolute Gasteiger partial charge is 0.439 e. The lowest BCUT2D eigenvalue weighted by Crippen LogP contribution is -2.14. The number of hydrogen-bond acceptors (Lipinski definition) is 2. The molecule has 0 aliphatic rings. The Kier molecular flexibility index (Phi) is 3.84. The molecule has 0 spiro atoms. The van der Waals surface area contributed by atoms with Crippen molar-refractivity contribution >= 4 is 0 Å². The summed E-state index contributed by atoms with van der Waals surface area (Å²) in [6.07, 6.45) is 1.07. The average molecular weight is 259 g/mol. The predicted octanol–water partition coefficient (Wildman–Crippen LogP) is 4.70. The van der Waals surface area contributed by atoms with Gasteiger partial charge in [-0.05, 0) is 35.6 Å². The number of ether oxygens (including phenoxy) is 1. The first-order chi connectivity index (χ1) is 9.01. The minimum absolute atomic E-state index is 0.148. The van der Waals surface area contributed by atoms with E-state index in [2.05, 4.69) is 25.8 Å². The second kappa shape index (κ2) is 5.39. The molecule has 0 fully saturated rings. The number of pyridine rings is 1. The molecule has 0 bridgehead atoms. The lowest BCUT2D eigenvalue weighted by Gasteiger charge is -2.23. The van der Waals surface area contributed by atoms with Gasteiger partial charge >= 0.3 is 0 Å². The molecule has 0 saturated carbocycles. The maximum absolute atomic E-state index is 12.9. The molecule has 0 unspecified atom stereocenters. The fourth-order valence-corrected chi connectivity index (χ4v) is 1.75. The first kappa shape index (κ1) is 13.5. The summed E-state index contributed by atoms with van der Waals surface area (Å²) in [4.78, 5) is 3.67. The maximum atomic E-state index is 12.9. The van der Waals surface area contributed by atoms with Crippen LogP contribution in [0.2, 0.25) is 0 Å². The first-order valence-corrected chi connectivity index (χ1v) is 6.42. The molecule has 2 rings (SSSR count). The van der Waals surface area contributed by atoms with Gasteiger partial charge in [0.1, 0.15) is 5.75 Å². The van der Waals surface area contributed by atoms with Gasteiger partial charge in [-0.3, -0.25) is 0 Å². The molecule has 0 aliphatic carbocycles. The Hall–Kier alpha value is -1.90. The van der Waals surface area contributed by atoms with Crippen molar-refractivity contribution in [3.8, 4) is 11.6 Å². The molecule has 0 saturated heterocycles. The third-order valence-electron chi connectivity index (χ3n) is 3.43. The summed E-state index contributed by atoms with van der Waals surface area (Å²) in [6, 6.07) is 12.4. The van der Waals surface area contributed by atoms with Crippen molar-refractivity contribution in [2.45, 2.75) is 32.6 Å². The van der Waals surface area contributed by atoms with Crippen LogP contribution in [0.4, 0.5) is 4.39 Å². The molecule has 0 amide bonds. The van der Waals surface area contributed by atoms with Crippen LogP contribution >= 0.6 is 0 Å². The molecule has 1 heterocycles. The van der Waals surface area contributed by atoms with Gasteiger partial charge in [0.05, 0.1) is 0 Å². The van der Waals surface area contributed by atoms with E-state index in [1.165, 1.54) is 11.6 Å². The number of hydrogen-bond donors (Lipinski definition) is 0. The van der Waals surface area contributed by atoms with E-state index in [1.54, 1.807) is 12.1 Å². The van der Waals surface area contributed by atoms with Gasteiger partial charge in [0, 0.05) is 6.07 Å². The van der Waals surface area contributed by atoms with Gasteiger partial charge in [0.2, 0.25) is 11.8 Å². The topological polar surface area (TPSA) is 22.1 Å². The molecule has 0 radical (unpaired) electrons. The standard InChI is InChI=1S/C16H18FNO/c1-4-16(2,3)12-8-10-13(11-9-12)19-15-7-5-6-14(17)18-15/h5-11H,4H2,1-3H3. The molecule has 19 heavy (non-hydrogen) atoms. The fourth-order valence-electron chi connectivity index (χ4n) is 1.75. The number of aromatic nitrogens is 1. The summed E-state index contributed by atoms with van der Waals surface area (Å²) >= 11 is 0. The third kappa shape index (κ3) is 3.31. The second-order valence-electron chi connectivity index (χ2n) is 5.16. The SMILES string of the molecule is CCC(C)(C)c1ccc(Oc2cccc(F)n2)cc1. The molecule has 0 atom stereocenters. The van der Waals surface area contributed by atoms with Crippen molar-refractivity contribution in [1.82, 2.24) is 4.98 Å². The Balaban J connectivity index is 2.15. The van der Waals surface area contributed by atoms with Crippen LogP contribution in [0.5, 0.6) is 11.6 Å². The van der Waals surface area contributed by atoms with Crippen LogP contribution in [-0.4, -0.2) is 4.98 Å². The van der Waals surface area contributed by atoms with Crippen molar-refractivity contribution < 1.29 is 9.13 Å². The lowest BCUT2D eigenvalue weighted by atomic mass is 9.82. The van der Waals surface area contributed by atoms with Crippen molar-refractivity contribution in [3.05, 3.63) is 54.0 Å². The van der Waals surface area contributed by atoms with Gasteiger partial charge in [-0.1, -0.05) is 39.0 Å². The van der Waals surface area contributed by atoms with Crippen LogP contribution in [0.15, 0.2) is 42.5 Å². The van der Waals surface area contributed by atoms with Crippen molar-refractivity contribution in [1.29, 1.82) is 0 Å². The third-order valence-corrected chi connectivity index (χ3v) is 3.43. The van der Waals surface area contributed by atoms with E-state index in [-0.39, 0.29) is 11.3 Å². The maximum Gasteiger partial charge on any atom is 0.221 e. The zero-order chi connectivity index (χ0) is 13.9. The van der Waals surface area contributed by atoms with Gasteiger partial charge in [-0.25, -0.2) is 0 Å². The Morgan fingerprint density at radius 1 is 1.11 bits per heavy atom. The predicted molar refractivity (Wildman–Crippen MR) is 74.0 cm³/mol. The summed E-state index contributed by atoms with van der Waals surface area (Å²) in [6.45, 7) is 6.58. The molecule has 2 aromatic rings. The fraction of sp³-hybridized carbons (Fsp3) is 0.312. The van der Waals surface area contributed by atoms with Crippen molar-refractivity contribution in [3.63, 3.8) is 0 Å². The van der Waals surface area contributed by atoms with E-state index in [0.717, 1.165) is 6.42 Å². The minimum Gasteiger partial charge on any atom is -0.439 e. The van der Waals surface area contributed by atoms with Crippen LogP contribution in [0, 0.1) is 5.95 Å². The van der Waals surface area contributed by atoms with E-state index in [9.17, 15) is 4.39 Å². The molecule has 1 aromatic carbocycles. The van der Waals surface area contributed by atoms with Crippen LogP contribution in [-0.2, 0) is 5.41 Å². The molecule has 0 aliphatic heterocycles. The van der Waals surface area contributed by atoms with Gasteiger partial charge in [0.15, 0.2) is 0 Å². The average Bonchev–Trinajstić information content (AvgIpc) is 2.39. The molecule has 3 heteroatoms. The highest BCUT2D eigenvalue weighted by atomic mass is 19.1. The highest BCUT2D eigenvalue weighted by Crippen LogP contribution is 2.29. The van der Waals surface area contributed by atoms with Crippen LogP contribution in [0.1, 0.15) is 32.8 Å². The van der Waals surface area contributed by atoms with Crippen LogP contribution in [0.25, 0.3) is 0 Å². The van der Waals surface area contributed by atoms with Crippen molar-refractivity contribution in [2.75, 3.05) is 0 Å². The van der Waals surface area contributed by atoms with Gasteiger partial charge < -0.3 is 4.74 Å². The Labute approximate surface area is 113 Å². The summed E-state index contributed by atoms with van der Waals surface area (Å²) in [5.74, 6) is 0.387. The van der Waals surface area contributed by atoms with E-state index in [4.69, 9.17) is 4.74 Å². The highest BCUT2D eigenvalue weighted by Gasteiger charge is 2.17. The second-order valence-corrected chi connectivity index (χ2v) is 5.16. The normalized spacial score (nSPS) is 11.4. The summed E-state index contributed by atoms with van der Waals surface area (Å²) in [5, 5.41) is 0. The molecule has 100 valence electrons. The molecule has 1 aromatic heterocycles. The Morgan fingerprint density at radius 2 is 1.79 bits per heavy atom. The minimum atomic E-state index is -0.541. The van der Waals surface area contributed by atoms with E-state index in [0.29, 0.717) is 5.75 Å². The van der Waals surface area contributed by atoms with Crippen LogP contribution < -0.4 is 4.74 Å². The van der Waals surface area contributed by atoms with Gasteiger partial charge in [-0.2, -0.15) is 9.37 Å². The summed E-state index contributed by atoms with van der Waals surface area (Å²) in [5.41, 5.74) is 1.41. The Bertz CT molecular complexity index is 549. The number of rotatable bonds is 4. The van der Waals surface area contributed by atoms with E-state index in [1.807, 2.05) is 24.3 Å².